The molecule has 0 aromatic rings. The van der Waals surface area contributed by atoms with Gasteiger partial charge in [-0.3, -0.25) is 4.79 Å². The van der Waals surface area contributed by atoms with E-state index in [9.17, 15) is 9.90 Å². The van der Waals surface area contributed by atoms with Crippen molar-refractivity contribution < 1.29 is 19.4 Å². The highest BCUT2D eigenvalue weighted by atomic mass is 16.6. The molecule has 4 nitrogen and oxygen atoms in total. The minimum atomic E-state index is -0.526. The third kappa shape index (κ3) is 29.3. The van der Waals surface area contributed by atoms with E-state index in [1.165, 1.54) is 103 Å². The number of carbonyl (C=O) groups excluding carboxylic acids is 1. The zero-order valence-corrected chi connectivity index (χ0v) is 24.7. The van der Waals surface area contributed by atoms with Gasteiger partial charge in [-0.1, -0.05) is 128 Å². The van der Waals surface area contributed by atoms with Gasteiger partial charge in [-0.25, -0.2) is 0 Å². The number of hydrogen-bond acceptors (Lipinski definition) is 4. The van der Waals surface area contributed by atoms with Crippen molar-refractivity contribution >= 4 is 5.97 Å². The van der Waals surface area contributed by atoms with Gasteiger partial charge in [-0.05, 0) is 44.9 Å². The highest BCUT2D eigenvalue weighted by Crippen LogP contribution is 2.12. The molecule has 0 rings (SSSR count). The van der Waals surface area contributed by atoms with Crippen molar-refractivity contribution in [1.29, 1.82) is 0 Å². The van der Waals surface area contributed by atoms with Crippen LogP contribution in [0.5, 0.6) is 0 Å². The molecule has 0 aliphatic heterocycles. The van der Waals surface area contributed by atoms with Gasteiger partial charge in [0.15, 0.2) is 0 Å². The first-order valence-electron chi connectivity index (χ1n) is 15.9. The van der Waals surface area contributed by atoms with E-state index < -0.39 is 6.10 Å². The molecule has 218 valence electrons. The average molecular weight is 523 g/mol. The molecule has 0 radical (unpaired) electrons. The predicted octanol–water partition coefficient (Wildman–Crippen LogP) is 9.64. The Labute approximate surface area is 230 Å². The molecule has 0 aromatic heterocycles. The van der Waals surface area contributed by atoms with Gasteiger partial charge in [-0.15, -0.1) is 0 Å². The van der Waals surface area contributed by atoms with Gasteiger partial charge in [0.25, 0.3) is 0 Å². The molecule has 4 heteroatoms. The molecule has 37 heavy (non-hydrogen) atoms. The van der Waals surface area contributed by atoms with E-state index >= 15 is 0 Å². The first-order valence-corrected chi connectivity index (χ1v) is 15.9. The summed E-state index contributed by atoms with van der Waals surface area (Å²) in [4.78, 5) is 11.7. The van der Waals surface area contributed by atoms with Crippen LogP contribution in [-0.4, -0.2) is 37.0 Å². The highest BCUT2D eigenvalue weighted by Gasteiger charge is 2.13. The fourth-order valence-electron chi connectivity index (χ4n) is 4.36. The van der Waals surface area contributed by atoms with Gasteiger partial charge >= 0.3 is 5.97 Å². The maximum Gasteiger partial charge on any atom is 0.306 e. The van der Waals surface area contributed by atoms with E-state index in [-0.39, 0.29) is 12.6 Å². The van der Waals surface area contributed by atoms with Crippen molar-refractivity contribution in [2.75, 3.05) is 19.8 Å². The molecule has 1 atom stereocenters. The van der Waals surface area contributed by atoms with Gasteiger partial charge in [0.1, 0.15) is 6.10 Å². The zero-order valence-electron chi connectivity index (χ0n) is 24.7. The highest BCUT2D eigenvalue weighted by molar-refractivity contribution is 5.69. The van der Waals surface area contributed by atoms with Crippen LogP contribution in [0.3, 0.4) is 0 Å². The summed E-state index contributed by atoms with van der Waals surface area (Å²) in [5.74, 6) is -0.227. The lowest BCUT2D eigenvalue weighted by molar-refractivity contribution is -0.154. The Morgan fingerprint density at radius 3 is 1.68 bits per heavy atom. The lowest BCUT2D eigenvalue weighted by Gasteiger charge is -2.15. The minimum Gasteiger partial charge on any atom is -0.457 e. The molecule has 0 saturated heterocycles. The van der Waals surface area contributed by atoms with E-state index in [2.05, 4.69) is 38.2 Å². The second-order valence-electron chi connectivity index (χ2n) is 10.5. The Bertz CT molecular complexity index is 514. The van der Waals surface area contributed by atoms with Crippen molar-refractivity contribution in [3.05, 3.63) is 24.3 Å². The smallest absolute Gasteiger partial charge is 0.306 e. The van der Waals surface area contributed by atoms with Crippen LogP contribution < -0.4 is 0 Å². The summed E-state index contributed by atoms with van der Waals surface area (Å²) < 4.78 is 10.9. The number of allylic oxidation sites excluding steroid dienone is 4. The molecule has 0 heterocycles. The molecule has 1 N–H and O–H groups in total. The lowest BCUT2D eigenvalue weighted by atomic mass is 10.1. The number of aliphatic hydroxyl groups excluding tert-OH is 1. The number of ether oxygens (including phenoxy) is 2. The first-order chi connectivity index (χ1) is 18.2. The third-order valence-electron chi connectivity index (χ3n) is 6.78. The van der Waals surface area contributed by atoms with Crippen molar-refractivity contribution in [2.45, 2.75) is 161 Å². The molecule has 0 aliphatic rings. The largest absolute Gasteiger partial charge is 0.457 e. The summed E-state index contributed by atoms with van der Waals surface area (Å²) in [6, 6.07) is 0. The van der Waals surface area contributed by atoms with Crippen LogP contribution in [0.25, 0.3) is 0 Å². The summed E-state index contributed by atoms with van der Waals surface area (Å²) in [6.45, 7) is 5.17. The van der Waals surface area contributed by atoms with Crippen LogP contribution in [0.4, 0.5) is 0 Å². The molecular formula is C33H62O4. The molecule has 0 aliphatic carbocycles. The van der Waals surface area contributed by atoms with E-state index in [1.807, 2.05) is 0 Å². The summed E-state index contributed by atoms with van der Waals surface area (Å²) in [6.07, 6.45) is 35.6. The Hall–Kier alpha value is -1.13. The van der Waals surface area contributed by atoms with Crippen LogP contribution >= 0.6 is 0 Å². The quantitative estimate of drug-likeness (QED) is 0.0603. The summed E-state index contributed by atoms with van der Waals surface area (Å²) in [7, 11) is 0. The average Bonchev–Trinajstić information content (AvgIpc) is 2.90. The molecular weight excluding hydrogens is 460 g/mol. The van der Waals surface area contributed by atoms with Gasteiger partial charge < -0.3 is 14.6 Å². The van der Waals surface area contributed by atoms with Crippen LogP contribution in [0.1, 0.15) is 155 Å². The van der Waals surface area contributed by atoms with Crippen LogP contribution in [0.2, 0.25) is 0 Å². The third-order valence-corrected chi connectivity index (χ3v) is 6.78. The molecule has 0 spiro atoms. The van der Waals surface area contributed by atoms with Gasteiger partial charge in [0, 0.05) is 13.0 Å². The van der Waals surface area contributed by atoms with E-state index in [4.69, 9.17) is 9.47 Å². The van der Waals surface area contributed by atoms with Gasteiger partial charge in [-0.2, -0.15) is 0 Å². The van der Waals surface area contributed by atoms with Gasteiger partial charge in [0.2, 0.25) is 0 Å². The maximum atomic E-state index is 11.7. The summed E-state index contributed by atoms with van der Waals surface area (Å²) in [5, 5.41) is 9.37. The Kier molecular flexibility index (Phi) is 30.1. The molecule has 1 unspecified atom stereocenters. The number of esters is 1. The van der Waals surface area contributed by atoms with Crippen LogP contribution in [-0.2, 0) is 14.3 Å². The van der Waals surface area contributed by atoms with Crippen molar-refractivity contribution in [2.24, 2.45) is 0 Å². The second-order valence-corrected chi connectivity index (χ2v) is 10.5. The monoisotopic (exact) mass is 522 g/mol. The SMILES string of the molecule is CCCCCCC/C=C\C/C=C\CCCCCCCCCCCCOCC(CO)OC(=O)CCCCC. The summed E-state index contributed by atoms with van der Waals surface area (Å²) in [5.41, 5.74) is 0. The van der Waals surface area contributed by atoms with E-state index in [1.54, 1.807) is 0 Å². The van der Waals surface area contributed by atoms with Gasteiger partial charge in [0.05, 0.1) is 13.2 Å². The fourth-order valence-corrected chi connectivity index (χ4v) is 4.36. The fraction of sp³-hybridized carbons (Fsp3) is 0.848. The standard InChI is InChI=1S/C33H62O4/c1-3-5-7-8-9-10-11-12-13-14-15-16-17-18-19-20-21-22-23-24-25-27-29-36-31-32(30-34)37-33(35)28-26-6-4-2/h11-12,14-15,32,34H,3-10,13,16-31H2,1-2H3/b12-11-,15-14-. The van der Waals surface area contributed by atoms with Crippen molar-refractivity contribution in [3.63, 3.8) is 0 Å². The molecule has 0 bridgehead atoms. The Morgan fingerprint density at radius 2 is 1.14 bits per heavy atom. The minimum absolute atomic E-state index is 0.173. The lowest BCUT2D eigenvalue weighted by Crippen LogP contribution is -2.27. The molecule has 0 aromatic carbocycles. The van der Waals surface area contributed by atoms with Crippen LogP contribution in [0.15, 0.2) is 24.3 Å². The van der Waals surface area contributed by atoms with E-state index in [0.717, 1.165) is 32.1 Å². The molecule has 0 saturated carbocycles. The number of aliphatic hydroxyl groups is 1. The number of carbonyl (C=O) groups is 1. The molecule has 0 fully saturated rings. The number of rotatable bonds is 29. The number of unbranched alkanes of at least 4 members (excludes halogenated alkanes) is 17. The number of hydrogen-bond donors (Lipinski definition) is 1. The first kappa shape index (κ1) is 35.9. The van der Waals surface area contributed by atoms with E-state index in [0.29, 0.717) is 19.6 Å². The van der Waals surface area contributed by atoms with Crippen LogP contribution in [0, 0.1) is 0 Å². The van der Waals surface area contributed by atoms with Crippen molar-refractivity contribution in [3.8, 4) is 0 Å². The second kappa shape index (κ2) is 31.1. The summed E-state index contributed by atoms with van der Waals surface area (Å²) >= 11 is 0. The normalized spacial score (nSPS) is 12.6. The Morgan fingerprint density at radius 1 is 0.649 bits per heavy atom. The topological polar surface area (TPSA) is 55.8 Å². The van der Waals surface area contributed by atoms with Crippen molar-refractivity contribution in [1.82, 2.24) is 0 Å². The zero-order chi connectivity index (χ0) is 27.1. The Balaban J connectivity index is 3.33. The molecule has 0 amide bonds. The maximum absolute atomic E-state index is 11.7. The predicted molar refractivity (Wildman–Crippen MR) is 159 cm³/mol.